The highest BCUT2D eigenvalue weighted by Gasteiger charge is 2.27. The third kappa shape index (κ3) is 2.94. The molecule has 1 aliphatic rings. The van der Waals surface area contributed by atoms with Crippen LogP contribution in [-0.4, -0.2) is 34.3 Å². The van der Waals surface area contributed by atoms with Crippen LogP contribution in [0.2, 0.25) is 5.02 Å². The summed E-state index contributed by atoms with van der Waals surface area (Å²) in [7, 11) is 0. The van der Waals surface area contributed by atoms with Gasteiger partial charge in [-0.15, -0.1) is 0 Å². The molecule has 1 atom stereocenters. The highest BCUT2D eigenvalue weighted by Crippen LogP contribution is 2.31. The Kier molecular flexibility index (Phi) is 4.09. The second-order valence-corrected chi connectivity index (χ2v) is 5.04. The Balaban J connectivity index is 1.97. The minimum absolute atomic E-state index is 0.113. The fourth-order valence-electron chi connectivity index (χ4n) is 2.34. The molecule has 1 saturated heterocycles. The van der Waals surface area contributed by atoms with Crippen molar-refractivity contribution in [1.82, 2.24) is 4.90 Å². The number of carbonyl (C=O) groups is 1. The topological polar surface area (TPSA) is 60.8 Å². The van der Waals surface area contributed by atoms with E-state index >= 15 is 0 Å². The van der Waals surface area contributed by atoms with Crippen LogP contribution in [0.15, 0.2) is 24.3 Å². The van der Waals surface area contributed by atoms with Crippen molar-refractivity contribution >= 4 is 17.7 Å². The summed E-state index contributed by atoms with van der Waals surface area (Å²) >= 11 is 5.80. The number of nitrogens with zero attached hydrogens (tertiary/aromatic N) is 1. The predicted octanol–water partition coefficient (Wildman–Crippen LogP) is 2.76. The highest BCUT2D eigenvalue weighted by molar-refractivity contribution is 6.30. The monoisotopic (exact) mass is 269 g/mol. The van der Waals surface area contributed by atoms with Gasteiger partial charge in [-0.2, -0.15) is 0 Å². The van der Waals surface area contributed by atoms with Crippen molar-refractivity contribution < 1.29 is 15.0 Å². The highest BCUT2D eigenvalue weighted by atomic mass is 35.5. The van der Waals surface area contributed by atoms with Crippen molar-refractivity contribution in [1.29, 1.82) is 0 Å². The average Bonchev–Trinajstić information content (AvgIpc) is 2.39. The third-order valence-corrected chi connectivity index (χ3v) is 3.72. The van der Waals surface area contributed by atoms with Crippen LogP contribution in [0.25, 0.3) is 0 Å². The summed E-state index contributed by atoms with van der Waals surface area (Å²) in [5, 5.41) is 19.8. The van der Waals surface area contributed by atoms with E-state index in [1.165, 1.54) is 4.90 Å². The number of halogens is 1. The lowest BCUT2D eigenvalue weighted by Crippen LogP contribution is -2.38. The van der Waals surface area contributed by atoms with Gasteiger partial charge < -0.3 is 15.1 Å². The van der Waals surface area contributed by atoms with E-state index in [1.807, 2.05) is 12.1 Å². The van der Waals surface area contributed by atoms with Crippen LogP contribution in [0.4, 0.5) is 4.79 Å². The number of aliphatic hydroxyl groups is 1. The van der Waals surface area contributed by atoms with Crippen molar-refractivity contribution in [2.45, 2.75) is 18.9 Å². The number of hydrogen-bond acceptors (Lipinski definition) is 2. The molecule has 0 radical (unpaired) electrons. The third-order valence-electron chi connectivity index (χ3n) is 3.47. The molecule has 0 bridgehead atoms. The standard InChI is InChI=1S/C13H16ClNO3/c14-11-3-1-9(2-4-11)12(16)10-5-7-15(8-6-10)13(17)18/h1-4,10,12,16H,5-8H2,(H,17,18). The van der Waals surface area contributed by atoms with Gasteiger partial charge in [0.25, 0.3) is 0 Å². The number of carboxylic acid groups (broad SMARTS) is 1. The molecule has 1 heterocycles. The van der Waals surface area contributed by atoms with Gasteiger partial charge in [-0.25, -0.2) is 4.79 Å². The first-order valence-corrected chi connectivity index (χ1v) is 6.37. The van der Waals surface area contributed by atoms with Gasteiger partial charge in [0, 0.05) is 18.1 Å². The minimum atomic E-state index is -0.880. The largest absolute Gasteiger partial charge is 0.465 e. The molecule has 0 aliphatic carbocycles. The predicted molar refractivity (Wildman–Crippen MR) is 68.7 cm³/mol. The normalized spacial score (nSPS) is 18.7. The molecule has 1 amide bonds. The molecule has 2 rings (SSSR count). The van der Waals surface area contributed by atoms with Gasteiger partial charge in [0.2, 0.25) is 0 Å². The molecule has 1 aromatic rings. The molecule has 18 heavy (non-hydrogen) atoms. The molecule has 1 aromatic carbocycles. The molecule has 4 nitrogen and oxygen atoms in total. The second-order valence-electron chi connectivity index (χ2n) is 4.60. The first-order chi connectivity index (χ1) is 8.58. The van der Waals surface area contributed by atoms with Gasteiger partial charge in [-0.1, -0.05) is 23.7 Å². The van der Waals surface area contributed by atoms with E-state index in [1.54, 1.807) is 12.1 Å². The van der Waals surface area contributed by atoms with Crippen molar-refractivity contribution in [2.24, 2.45) is 5.92 Å². The Hall–Kier alpha value is -1.26. The second kappa shape index (κ2) is 5.59. The lowest BCUT2D eigenvalue weighted by atomic mass is 9.87. The summed E-state index contributed by atoms with van der Waals surface area (Å²) in [6.07, 6.45) is -0.0423. The molecule has 1 aliphatic heterocycles. The maximum Gasteiger partial charge on any atom is 0.407 e. The smallest absolute Gasteiger partial charge is 0.407 e. The van der Waals surface area contributed by atoms with Crippen LogP contribution in [0.1, 0.15) is 24.5 Å². The van der Waals surface area contributed by atoms with E-state index in [2.05, 4.69) is 0 Å². The Morgan fingerprint density at radius 3 is 2.33 bits per heavy atom. The van der Waals surface area contributed by atoms with Gasteiger partial charge in [-0.05, 0) is 36.5 Å². The molecule has 0 aromatic heterocycles. The van der Waals surface area contributed by atoms with E-state index in [4.69, 9.17) is 16.7 Å². The molecule has 0 spiro atoms. The molecule has 5 heteroatoms. The number of likely N-dealkylation sites (tertiary alicyclic amines) is 1. The van der Waals surface area contributed by atoms with Crippen LogP contribution >= 0.6 is 11.6 Å². The number of aliphatic hydroxyl groups excluding tert-OH is 1. The lowest BCUT2D eigenvalue weighted by Gasteiger charge is -2.32. The van der Waals surface area contributed by atoms with Gasteiger partial charge in [0.1, 0.15) is 0 Å². The molecule has 98 valence electrons. The van der Waals surface area contributed by atoms with E-state index in [0.717, 1.165) is 5.56 Å². The van der Waals surface area contributed by atoms with Crippen molar-refractivity contribution in [2.75, 3.05) is 13.1 Å². The molecular formula is C13H16ClNO3. The molecule has 2 N–H and O–H groups in total. The minimum Gasteiger partial charge on any atom is -0.465 e. The summed E-state index contributed by atoms with van der Waals surface area (Å²) in [6, 6.07) is 7.14. The SMILES string of the molecule is O=C(O)N1CCC(C(O)c2ccc(Cl)cc2)CC1. The quantitative estimate of drug-likeness (QED) is 0.868. The van der Waals surface area contributed by atoms with Gasteiger partial charge >= 0.3 is 6.09 Å². The van der Waals surface area contributed by atoms with Crippen molar-refractivity contribution in [3.05, 3.63) is 34.9 Å². The number of rotatable bonds is 2. The Labute approximate surface area is 111 Å². The zero-order valence-corrected chi connectivity index (χ0v) is 10.7. The fourth-order valence-corrected chi connectivity index (χ4v) is 2.46. The Morgan fingerprint density at radius 1 is 1.28 bits per heavy atom. The first kappa shape index (κ1) is 13.2. The molecular weight excluding hydrogens is 254 g/mol. The average molecular weight is 270 g/mol. The first-order valence-electron chi connectivity index (χ1n) is 5.99. The molecule has 1 unspecified atom stereocenters. The van der Waals surface area contributed by atoms with E-state index in [9.17, 15) is 9.90 Å². The summed E-state index contributed by atoms with van der Waals surface area (Å²) in [4.78, 5) is 12.2. The number of amides is 1. The van der Waals surface area contributed by atoms with Gasteiger partial charge in [-0.3, -0.25) is 0 Å². The number of piperidine rings is 1. The lowest BCUT2D eigenvalue weighted by molar-refractivity contribution is 0.0575. The van der Waals surface area contributed by atoms with Crippen molar-refractivity contribution in [3.8, 4) is 0 Å². The summed E-state index contributed by atoms with van der Waals surface area (Å²) in [6.45, 7) is 0.981. The fraction of sp³-hybridized carbons (Fsp3) is 0.462. The summed E-state index contributed by atoms with van der Waals surface area (Å²) in [5.41, 5.74) is 0.841. The molecule has 1 fully saturated rings. The van der Waals surface area contributed by atoms with Crippen LogP contribution in [0.3, 0.4) is 0 Å². The molecule has 0 saturated carbocycles. The maximum atomic E-state index is 10.8. The Morgan fingerprint density at radius 2 is 1.83 bits per heavy atom. The zero-order chi connectivity index (χ0) is 13.1. The summed E-state index contributed by atoms with van der Waals surface area (Å²) < 4.78 is 0. The van der Waals surface area contributed by atoms with Crippen LogP contribution in [-0.2, 0) is 0 Å². The van der Waals surface area contributed by atoms with E-state index in [-0.39, 0.29) is 5.92 Å². The van der Waals surface area contributed by atoms with Gasteiger partial charge in [0.15, 0.2) is 0 Å². The number of benzene rings is 1. The number of hydrogen-bond donors (Lipinski definition) is 2. The van der Waals surface area contributed by atoms with Crippen LogP contribution in [0.5, 0.6) is 0 Å². The van der Waals surface area contributed by atoms with E-state index in [0.29, 0.717) is 31.0 Å². The van der Waals surface area contributed by atoms with Crippen LogP contribution < -0.4 is 0 Å². The van der Waals surface area contributed by atoms with Crippen LogP contribution in [0, 0.1) is 5.92 Å². The Bertz CT molecular complexity index is 413. The van der Waals surface area contributed by atoms with E-state index < -0.39 is 12.2 Å². The zero-order valence-electron chi connectivity index (χ0n) is 9.92. The summed E-state index contributed by atoms with van der Waals surface area (Å²) in [5.74, 6) is 0.113. The van der Waals surface area contributed by atoms with Gasteiger partial charge in [0.05, 0.1) is 6.10 Å². The van der Waals surface area contributed by atoms with Crippen molar-refractivity contribution in [3.63, 3.8) is 0 Å². The maximum absolute atomic E-state index is 10.8.